The van der Waals surface area contributed by atoms with E-state index in [-0.39, 0.29) is 5.91 Å². The first kappa shape index (κ1) is 23.1. The molecule has 0 saturated carbocycles. The van der Waals surface area contributed by atoms with Gasteiger partial charge in [0.05, 0.1) is 14.2 Å². The predicted molar refractivity (Wildman–Crippen MR) is 135 cm³/mol. The van der Waals surface area contributed by atoms with Crippen LogP contribution in [0.4, 0.5) is 0 Å². The molecule has 4 nitrogen and oxygen atoms in total. The number of nitrogens with one attached hydrogen (secondary N) is 1. The topological polar surface area (TPSA) is 47.6 Å². The molecule has 4 aromatic carbocycles. The Hall–Kier alpha value is -4.05. The molecular formula is C30H29NO3. The molecular weight excluding hydrogens is 422 g/mol. The first-order valence-electron chi connectivity index (χ1n) is 11.4. The molecule has 1 N–H and O–H groups in total. The first-order chi connectivity index (χ1) is 16.7. The quantitative estimate of drug-likeness (QED) is 0.347. The summed E-state index contributed by atoms with van der Waals surface area (Å²) >= 11 is 0. The summed E-state index contributed by atoms with van der Waals surface area (Å²) in [5.41, 5.74) is 2.76. The molecule has 4 aromatic rings. The third-order valence-electron chi connectivity index (χ3n) is 6.13. The van der Waals surface area contributed by atoms with Crippen LogP contribution in [0.2, 0.25) is 0 Å². The number of hydrogen-bond donors (Lipinski definition) is 1. The van der Waals surface area contributed by atoms with Crippen molar-refractivity contribution in [2.45, 2.75) is 11.8 Å². The summed E-state index contributed by atoms with van der Waals surface area (Å²) in [5, 5.41) is 3.22. The minimum Gasteiger partial charge on any atom is -0.497 e. The van der Waals surface area contributed by atoms with Gasteiger partial charge < -0.3 is 14.8 Å². The van der Waals surface area contributed by atoms with Crippen LogP contribution >= 0.6 is 0 Å². The van der Waals surface area contributed by atoms with E-state index in [2.05, 4.69) is 5.32 Å². The fourth-order valence-corrected chi connectivity index (χ4v) is 4.48. The predicted octanol–water partition coefficient (Wildman–Crippen LogP) is 5.40. The minimum atomic E-state index is -0.984. The average Bonchev–Trinajstić information content (AvgIpc) is 2.91. The van der Waals surface area contributed by atoms with Crippen LogP contribution < -0.4 is 14.8 Å². The van der Waals surface area contributed by atoms with E-state index < -0.39 is 5.41 Å². The van der Waals surface area contributed by atoms with E-state index in [0.717, 1.165) is 33.8 Å². The Morgan fingerprint density at radius 3 is 1.65 bits per heavy atom. The second-order valence-electron chi connectivity index (χ2n) is 8.03. The molecule has 0 heterocycles. The fraction of sp³-hybridized carbons (Fsp3) is 0.167. The summed E-state index contributed by atoms with van der Waals surface area (Å²) in [5.74, 6) is 1.46. The van der Waals surface area contributed by atoms with Gasteiger partial charge in [-0.15, -0.1) is 0 Å². The number of carbonyl (C=O) groups excluding carboxylic acids is 1. The zero-order chi connectivity index (χ0) is 23.8. The normalized spacial score (nSPS) is 11.0. The Balaban J connectivity index is 1.72. The highest BCUT2D eigenvalue weighted by molar-refractivity contribution is 5.96. The number of ether oxygens (including phenoxy) is 2. The van der Waals surface area contributed by atoms with Gasteiger partial charge in [0.25, 0.3) is 0 Å². The standard InChI is InChI=1S/C30H29NO3/c1-33-27-18-19-28(34-2)23(22-27)20-21-31-29(32)30(24-12-6-3-7-13-24,25-14-8-4-9-15-25)26-16-10-5-11-17-26/h3-19,22H,20-21H2,1-2H3,(H,31,32). The lowest BCUT2D eigenvalue weighted by atomic mass is 9.68. The van der Waals surface area contributed by atoms with Gasteiger partial charge in [-0.05, 0) is 46.9 Å². The van der Waals surface area contributed by atoms with Gasteiger partial charge in [-0.25, -0.2) is 0 Å². The minimum absolute atomic E-state index is 0.0713. The number of carbonyl (C=O) groups is 1. The van der Waals surface area contributed by atoms with Crippen molar-refractivity contribution in [1.82, 2.24) is 5.32 Å². The second kappa shape index (κ2) is 10.7. The van der Waals surface area contributed by atoms with Crippen LogP contribution in [0.25, 0.3) is 0 Å². The van der Waals surface area contributed by atoms with E-state index in [0.29, 0.717) is 13.0 Å². The lowest BCUT2D eigenvalue weighted by Gasteiger charge is -2.34. The molecule has 172 valence electrons. The van der Waals surface area contributed by atoms with Gasteiger partial charge in [0.2, 0.25) is 5.91 Å². The van der Waals surface area contributed by atoms with Gasteiger partial charge in [0.1, 0.15) is 16.9 Å². The highest BCUT2D eigenvalue weighted by Gasteiger charge is 2.43. The first-order valence-corrected chi connectivity index (χ1v) is 11.4. The van der Waals surface area contributed by atoms with Crippen LogP contribution in [-0.4, -0.2) is 26.7 Å². The summed E-state index contributed by atoms with van der Waals surface area (Å²) < 4.78 is 10.9. The molecule has 0 fully saturated rings. The molecule has 0 aromatic heterocycles. The van der Waals surface area contributed by atoms with E-state index in [1.54, 1.807) is 14.2 Å². The summed E-state index contributed by atoms with van der Waals surface area (Å²) in [7, 11) is 3.29. The van der Waals surface area contributed by atoms with Crippen molar-refractivity contribution in [3.63, 3.8) is 0 Å². The molecule has 4 rings (SSSR count). The van der Waals surface area contributed by atoms with Crippen molar-refractivity contribution in [2.24, 2.45) is 0 Å². The molecule has 0 aliphatic rings. The second-order valence-corrected chi connectivity index (χ2v) is 8.03. The SMILES string of the molecule is COc1ccc(OC)c(CCNC(=O)C(c2ccccc2)(c2ccccc2)c2ccccc2)c1. The van der Waals surface area contributed by atoms with E-state index in [4.69, 9.17) is 9.47 Å². The molecule has 1 amide bonds. The number of amides is 1. The maximum absolute atomic E-state index is 14.2. The monoisotopic (exact) mass is 451 g/mol. The molecule has 4 heteroatoms. The molecule has 34 heavy (non-hydrogen) atoms. The summed E-state index contributed by atoms with van der Waals surface area (Å²) in [4.78, 5) is 14.2. The highest BCUT2D eigenvalue weighted by atomic mass is 16.5. The molecule has 0 aliphatic heterocycles. The number of methoxy groups -OCH3 is 2. The van der Waals surface area contributed by atoms with E-state index >= 15 is 0 Å². The summed E-state index contributed by atoms with van der Waals surface area (Å²) in [6.45, 7) is 0.455. The number of hydrogen-bond acceptors (Lipinski definition) is 3. The largest absolute Gasteiger partial charge is 0.497 e. The van der Waals surface area contributed by atoms with Crippen molar-refractivity contribution in [3.8, 4) is 11.5 Å². The van der Waals surface area contributed by atoms with Gasteiger partial charge in [0.15, 0.2) is 0 Å². The lowest BCUT2D eigenvalue weighted by molar-refractivity contribution is -0.124. The van der Waals surface area contributed by atoms with Crippen LogP contribution in [0.15, 0.2) is 109 Å². The van der Waals surface area contributed by atoms with Crippen molar-refractivity contribution < 1.29 is 14.3 Å². The Morgan fingerprint density at radius 1 is 0.706 bits per heavy atom. The molecule has 0 bridgehead atoms. The van der Waals surface area contributed by atoms with Crippen molar-refractivity contribution >= 4 is 5.91 Å². The van der Waals surface area contributed by atoms with Crippen molar-refractivity contribution in [3.05, 3.63) is 131 Å². The van der Waals surface area contributed by atoms with Crippen LogP contribution in [0.5, 0.6) is 11.5 Å². The lowest BCUT2D eigenvalue weighted by Crippen LogP contribution is -2.46. The van der Waals surface area contributed by atoms with Crippen molar-refractivity contribution in [1.29, 1.82) is 0 Å². The average molecular weight is 452 g/mol. The van der Waals surface area contributed by atoms with Gasteiger partial charge >= 0.3 is 0 Å². The number of rotatable bonds is 9. The smallest absolute Gasteiger partial charge is 0.239 e. The Bertz CT molecular complexity index is 1110. The van der Waals surface area contributed by atoms with Crippen LogP contribution in [-0.2, 0) is 16.6 Å². The molecule has 0 spiro atoms. The van der Waals surface area contributed by atoms with E-state index in [1.807, 2.05) is 109 Å². The van der Waals surface area contributed by atoms with Crippen LogP contribution in [0, 0.1) is 0 Å². The maximum Gasteiger partial charge on any atom is 0.239 e. The van der Waals surface area contributed by atoms with Gasteiger partial charge in [-0.3, -0.25) is 4.79 Å². The van der Waals surface area contributed by atoms with Crippen molar-refractivity contribution in [2.75, 3.05) is 20.8 Å². The molecule has 0 radical (unpaired) electrons. The highest BCUT2D eigenvalue weighted by Crippen LogP contribution is 2.39. The van der Waals surface area contributed by atoms with Crippen LogP contribution in [0.3, 0.4) is 0 Å². The van der Waals surface area contributed by atoms with Gasteiger partial charge in [0, 0.05) is 6.54 Å². The van der Waals surface area contributed by atoms with Gasteiger partial charge in [-0.1, -0.05) is 91.0 Å². The number of benzene rings is 4. The third-order valence-corrected chi connectivity index (χ3v) is 6.13. The van der Waals surface area contributed by atoms with E-state index in [9.17, 15) is 4.79 Å². The van der Waals surface area contributed by atoms with Crippen LogP contribution in [0.1, 0.15) is 22.3 Å². The molecule has 0 atom stereocenters. The third kappa shape index (κ3) is 4.53. The molecule has 0 saturated heterocycles. The Kier molecular flexibility index (Phi) is 7.28. The summed E-state index contributed by atoms with van der Waals surface area (Å²) in [6, 6.07) is 35.6. The summed E-state index contributed by atoms with van der Waals surface area (Å²) in [6.07, 6.45) is 0.612. The molecule has 0 aliphatic carbocycles. The fourth-order valence-electron chi connectivity index (χ4n) is 4.48. The zero-order valence-electron chi connectivity index (χ0n) is 19.5. The van der Waals surface area contributed by atoms with E-state index in [1.165, 1.54) is 0 Å². The zero-order valence-corrected chi connectivity index (χ0v) is 19.5. The molecule has 0 unspecified atom stereocenters. The van der Waals surface area contributed by atoms with Gasteiger partial charge in [-0.2, -0.15) is 0 Å². The Labute approximate surface area is 201 Å². The Morgan fingerprint density at radius 2 is 1.21 bits per heavy atom. The maximum atomic E-state index is 14.2.